The fourth-order valence-corrected chi connectivity index (χ4v) is 1.69. The van der Waals surface area contributed by atoms with Crippen molar-refractivity contribution < 1.29 is 4.39 Å². The molecule has 0 unspecified atom stereocenters. The summed E-state index contributed by atoms with van der Waals surface area (Å²) in [6.07, 6.45) is 2.00. The van der Waals surface area contributed by atoms with Gasteiger partial charge in [0.1, 0.15) is 5.82 Å². The molecule has 2 aromatic rings. The van der Waals surface area contributed by atoms with Crippen LogP contribution >= 0.6 is 0 Å². The number of hydrogen-bond acceptors (Lipinski definition) is 0. The Labute approximate surface area is 83.2 Å². The first-order valence-corrected chi connectivity index (χ1v) is 4.75. The molecule has 2 heteroatoms. The smallest absolute Gasteiger partial charge is 0.125 e. The lowest BCUT2D eigenvalue weighted by Gasteiger charge is -2.22. The summed E-state index contributed by atoms with van der Waals surface area (Å²) in [5, 5.41) is 1.08. The number of benzene rings is 1. The van der Waals surface area contributed by atoms with Gasteiger partial charge in [0, 0.05) is 11.7 Å². The summed E-state index contributed by atoms with van der Waals surface area (Å²) < 4.78 is 15.2. The van der Waals surface area contributed by atoms with Gasteiger partial charge in [0.15, 0.2) is 0 Å². The molecule has 0 spiro atoms. The molecule has 0 atom stereocenters. The molecule has 74 valence electrons. The van der Waals surface area contributed by atoms with Crippen molar-refractivity contribution in [1.82, 2.24) is 4.57 Å². The molecular formula is C12H14FN. The van der Waals surface area contributed by atoms with Crippen LogP contribution < -0.4 is 0 Å². The van der Waals surface area contributed by atoms with Crippen molar-refractivity contribution in [2.24, 2.45) is 0 Å². The van der Waals surface area contributed by atoms with Gasteiger partial charge < -0.3 is 4.57 Å². The number of halogens is 1. The van der Waals surface area contributed by atoms with Crippen molar-refractivity contribution in [3.8, 4) is 0 Å². The van der Waals surface area contributed by atoms with Gasteiger partial charge in [-0.2, -0.15) is 0 Å². The van der Waals surface area contributed by atoms with E-state index in [1.165, 1.54) is 6.07 Å². The van der Waals surface area contributed by atoms with Crippen molar-refractivity contribution in [2.45, 2.75) is 26.3 Å². The summed E-state index contributed by atoms with van der Waals surface area (Å²) in [4.78, 5) is 0. The first-order valence-electron chi connectivity index (χ1n) is 4.75. The fraction of sp³-hybridized carbons (Fsp3) is 0.333. The Morgan fingerprint density at radius 1 is 1.14 bits per heavy atom. The average Bonchev–Trinajstić information content (AvgIpc) is 2.45. The summed E-state index contributed by atoms with van der Waals surface area (Å²) >= 11 is 0. The molecule has 1 aromatic carbocycles. The second-order valence-electron chi connectivity index (χ2n) is 4.56. The maximum absolute atomic E-state index is 13.1. The molecule has 0 radical (unpaired) electrons. The molecular weight excluding hydrogens is 177 g/mol. The minimum atomic E-state index is -0.179. The number of nitrogens with zero attached hydrogens (tertiary/aromatic N) is 1. The Hall–Kier alpha value is -1.31. The van der Waals surface area contributed by atoms with Gasteiger partial charge in [-0.15, -0.1) is 0 Å². The molecule has 0 aliphatic rings. The highest BCUT2D eigenvalue weighted by molar-refractivity contribution is 5.80. The van der Waals surface area contributed by atoms with Crippen molar-refractivity contribution in [3.63, 3.8) is 0 Å². The summed E-state index contributed by atoms with van der Waals surface area (Å²) in [6, 6.07) is 6.91. The van der Waals surface area contributed by atoms with E-state index < -0.39 is 0 Å². The molecule has 0 saturated carbocycles. The fourth-order valence-electron chi connectivity index (χ4n) is 1.69. The molecule has 0 amide bonds. The summed E-state index contributed by atoms with van der Waals surface area (Å²) in [5.41, 5.74) is 0.952. The van der Waals surface area contributed by atoms with Gasteiger partial charge in [0.05, 0.1) is 5.52 Å². The van der Waals surface area contributed by atoms with Gasteiger partial charge in [-0.1, -0.05) is 0 Å². The molecule has 0 saturated heterocycles. The number of hydrogen-bond donors (Lipinski definition) is 0. The largest absolute Gasteiger partial charge is 0.342 e. The molecule has 2 rings (SSSR count). The summed E-state index contributed by atoms with van der Waals surface area (Å²) in [5.74, 6) is -0.179. The molecule has 0 fully saturated rings. The monoisotopic (exact) mass is 191 g/mol. The van der Waals surface area contributed by atoms with E-state index in [2.05, 4.69) is 25.3 Å². The maximum atomic E-state index is 13.1. The maximum Gasteiger partial charge on any atom is 0.125 e. The van der Waals surface area contributed by atoms with E-state index in [0.717, 1.165) is 10.9 Å². The standard InChI is InChI=1S/C12H14FN/c1-12(2,3)14-7-6-9-4-5-10(13)8-11(9)14/h4-8H,1-3H3. The average molecular weight is 191 g/mol. The second kappa shape index (κ2) is 2.84. The van der Waals surface area contributed by atoms with Gasteiger partial charge in [-0.05, 0) is 50.4 Å². The molecule has 0 bridgehead atoms. The van der Waals surface area contributed by atoms with Gasteiger partial charge in [-0.25, -0.2) is 4.39 Å². The van der Waals surface area contributed by atoms with Gasteiger partial charge in [0.2, 0.25) is 0 Å². The molecule has 0 aliphatic carbocycles. The molecule has 0 aliphatic heterocycles. The van der Waals surface area contributed by atoms with Crippen LogP contribution in [0.5, 0.6) is 0 Å². The molecule has 1 aromatic heterocycles. The zero-order valence-corrected chi connectivity index (χ0v) is 8.71. The van der Waals surface area contributed by atoms with E-state index in [0.29, 0.717) is 0 Å². The van der Waals surface area contributed by atoms with Gasteiger partial charge >= 0.3 is 0 Å². The lowest BCUT2D eigenvalue weighted by molar-refractivity contribution is 0.410. The van der Waals surface area contributed by atoms with Crippen LogP contribution in [0.3, 0.4) is 0 Å². The predicted octanol–water partition coefficient (Wildman–Crippen LogP) is 3.54. The Bertz CT molecular complexity index is 463. The first-order chi connectivity index (χ1) is 6.48. The third-order valence-electron chi connectivity index (χ3n) is 2.38. The zero-order valence-electron chi connectivity index (χ0n) is 8.71. The van der Waals surface area contributed by atoms with Gasteiger partial charge in [0.25, 0.3) is 0 Å². The third kappa shape index (κ3) is 1.41. The van der Waals surface area contributed by atoms with Crippen LogP contribution in [-0.2, 0) is 5.54 Å². The Kier molecular flexibility index (Phi) is 1.88. The number of rotatable bonds is 0. The number of fused-ring (bicyclic) bond motifs is 1. The van der Waals surface area contributed by atoms with Crippen LogP contribution in [0.2, 0.25) is 0 Å². The Balaban J connectivity index is 2.73. The van der Waals surface area contributed by atoms with Crippen LogP contribution in [0.15, 0.2) is 30.5 Å². The SMILES string of the molecule is CC(C)(C)n1ccc2ccc(F)cc21. The summed E-state index contributed by atoms with van der Waals surface area (Å²) in [7, 11) is 0. The van der Waals surface area contributed by atoms with E-state index in [1.54, 1.807) is 6.07 Å². The van der Waals surface area contributed by atoms with Crippen molar-refractivity contribution in [1.29, 1.82) is 0 Å². The highest BCUT2D eigenvalue weighted by atomic mass is 19.1. The first kappa shape index (κ1) is 9.25. The van der Waals surface area contributed by atoms with Crippen LogP contribution in [0, 0.1) is 5.82 Å². The van der Waals surface area contributed by atoms with Crippen molar-refractivity contribution in [3.05, 3.63) is 36.3 Å². The predicted molar refractivity (Wildman–Crippen MR) is 56.9 cm³/mol. The van der Waals surface area contributed by atoms with Gasteiger partial charge in [-0.3, -0.25) is 0 Å². The van der Waals surface area contributed by atoms with Crippen molar-refractivity contribution >= 4 is 10.9 Å². The molecule has 1 nitrogen and oxygen atoms in total. The molecule has 14 heavy (non-hydrogen) atoms. The lowest BCUT2D eigenvalue weighted by Crippen LogP contribution is -2.20. The van der Waals surface area contributed by atoms with Crippen LogP contribution in [0.1, 0.15) is 20.8 Å². The highest BCUT2D eigenvalue weighted by Crippen LogP contribution is 2.24. The molecule has 1 heterocycles. The Morgan fingerprint density at radius 2 is 1.86 bits per heavy atom. The summed E-state index contributed by atoms with van der Waals surface area (Å²) in [6.45, 7) is 6.33. The topological polar surface area (TPSA) is 4.93 Å². The van der Waals surface area contributed by atoms with E-state index in [-0.39, 0.29) is 11.4 Å². The lowest BCUT2D eigenvalue weighted by atomic mass is 10.1. The van der Waals surface area contributed by atoms with Crippen LogP contribution in [0.25, 0.3) is 10.9 Å². The number of aromatic nitrogens is 1. The second-order valence-corrected chi connectivity index (χ2v) is 4.56. The van der Waals surface area contributed by atoms with E-state index >= 15 is 0 Å². The van der Waals surface area contributed by atoms with E-state index in [1.807, 2.05) is 18.3 Å². The zero-order chi connectivity index (χ0) is 10.3. The highest BCUT2D eigenvalue weighted by Gasteiger charge is 2.14. The van der Waals surface area contributed by atoms with E-state index in [9.17, 15) is 4.39 Å². The van der Waals surface area contributed by atoms with Crippen molar-refractivity contribution in [2.75, 3.05) is 0 Å². The van der Waals surface area contributed by atoms with Crippen LogP contribution in [0.4, 0.5) is 4.39 Å². The quantitative estimate of drug-likeness (QED) is 0.600. The minimum Gasteiger partial charge on any atom is -0.342 e. The third-order valence-corrected chi connectivity index (χ3v) is 2.38. The Morgan fingerprint density at radius 3 is 2.50 bits per heavy atom. The normalized spacial score (nSPS) is 12.3. The minimum absolute atomic E-state index is 0.00442. The van der Waals surface area contributed by atoms with Crippen LogP contribution in [-0.4, -0.2) is 4.57 Å². The van der Waals surface area contributed by atoms with E-state index in [4.69, 9.17) is 0 Å². The molecule has 0 N–H and O–H groups in total.